The third-order valence-corrected chi connectivity index (χ3v) is 7.15. The summed E-state index contributed by atoms with van der Waals surface area (Å²) in [5.41, 5.74) is 3.59. The number of amides is 4. The first-order chi connectivity index (χ1) is 17.7. The van der Waals surface area contributed by atoms with Gasteiger partial charge < -0.3 is 19.4 Å². The molecule has 2 N–H and O–H groups in total. The predicted octanol–water partition coefficient (Wildman–Crippen LogP) is 2.54. The summed E-state index contributed by atoms with van der Waals surface area (Å²) >= 11 is 0. The van der Waals surface area contributed by atoms with Gasteiger partial charge in [-0.2, -0.15) is 5.10 Å². The number of ether oxygens (including phenoxy) is 1. The average Bonchev–Trinajstić information content (AvgIpc) is 3.58. The molecule has 3 aromatic heterocycles. The van der Waals surface area contributed by atoms with Crippen LogP contribution < -0.4 is 15.4 Å². The maximum absolute atomic E-state index is 13.2. The van der Waals surface area contributed by atoms with Crippen molar-refractivity contribution < 1.29 is 23.5 Å². The van der Waals surface area contributed by atoms with Crippen LogP contribution in [-0.4, -0.2) is 51.2 Å². The van der Waals surface area contributed by atoms with E-state index in [0.29, 0.717) is 28.0 Å². The van der Waals surface area contributed by atoms with Crippen molar-refractivity contribution >= 4 is 28.8 Å². The van der Waals surface area contributed by atoms with Gasteiger partial charge in [-0.05, 0) is 37.6 Å². The number of aromatic nitrogens is 3. The van der Waals surface area contributed by atoms with Gasteiger partial charge in [0.05, 0.1) is 25.0 Å². The number of benzene rings is 1. The van der Waals surface area contributed by atoms with Crippen LogP contribution >= 0.6 is 0 Å². The number of fused-ring (bicyclic) bond motifs is 2. The summed E-state index contributed by atoms with van der Waals surface area (Å²) < 4.78 is 13.2. The van der Waals surface area contributed by atoms with Crippen molar-refractivity contribution in [3.05, 3.63) is 64.8 Å². The van der Waals surface area contributed by atoms with Gasteiger partial charge in [-0.15, -0.1) is 0 Å². The minimum absolute atomic E-state index is 0.110. The van der Waals surface area contributed by atoms with E-state index in [1.54, 1.807) is 35.1 Å². The van der Waals surface area contributed by atoms with Crippen molar-refractivity contribution in [3.8, 4) is 17.0 Å². The predicted molar refractivity (Wildman–Crippen MR) is 132 cm³/mol. The van der Waals surface area contributed by atoms with E-state index in [1.807, 2.05) is 27.0 Å². The van der Waals surface area contributed by atoms with E-state index < -0.39 is 17.5 Å². The fourth-order valence-electron chi connectivity index (χ4n) is 5.16. The number of nitrogens with one attached hydrogen (secondary N) is 2. The zero-order valence-corrected chi connectivity index (χ0v) is 20.7. The van der Waals surface area contributed by atoms with Crippen molar-refractivity contribution in [1.82, 2.24) is 30.3 Å². The molecule has 11 nitrogen and oxygen atoms in total. The lowest BCUT2D eigenvalue weighted by atomic mass is 9.95. The Hall–Kier alpha value is -4.67. The molecule has 0 bridgehead atoms. The highest BCUT2D eigenvalue weighted by atomic mass is 16.5. The number of pyridine rings is 1. The third-order valence-electron chi connectivity index (χ3n) is 7.15. The average molecular weight is 501 g/mol. The van der Waals surface area contributed by atoms with Crippen LogP contribution in [0.2, 0.25) is 0 Å². The van der Waals surface area contributed by atoms with E-state index in [0.717, 1.165) is 22.5 Å². The van der Waals surface area contributed by atoms with Crippen LogP contribution in [0, 0.1) is 13.8 Å². The van der Waals surface area contributed by atoms with Gasteiger partial charge in [-0.25, -0.2) is 4.79 Å². The highest BCUT2D eigenvalue weighted by Gasteiger charge is 2.53. The monoisotopic (exact) mass is 500 g/mol. The van der Waals surface area contributed by atoms with Gasteiger partial charge in [0, 0.05) is 48.1 Å². The Kier molecular flexibility index (Phi) is 4.87. The van der Waals surface area contributed by atoms with Gasteiger partial charge in [0.15, 0.2) is 5.54 Å². The Labute approximate surface area is 211 Å². The first kappa shape index (κ1) is 22.8. The van der Waals surface area contributed by atoms with E-state index >= 15 is 0 Å². The summed E-state index contributed by atoms with van der Waals surface area (Å²) in [4.78, 5) is 44.8. The van der Waals surface area contributed by atoms with Crippen LogP contribution in [0.1, 0.15) is 33.1 Å². The summed E-state index contributed by atoms with van der Waals surface area (Å²) in [6.45, 7) is 4.05. The molecule has 1 aromatic carbocycles. The Morgan fingerprint density at radius 2 is 1.97 bits per heavy atom. The van der Waals surface area contributed by atoms with E-state index in [-0.39, 0.29) is 24.8 Å². The number of rotatable bonds is 5. The first-order valence-electron chi connectivity index (χ1n) is 11.7. The van der Waals surface area contributed by atoms with Crippen LogP contribution in [0.4, 0.5) is 4.79 Å². The Bertz CT molecular complexity index is 1640. The number of urea groups is 1. The van der Waals surface area contributed by atoms with Gasteiger partial charge >= 0.3 is 6.03 Å². The van der Waals surface area contributed by atoms with Crippen LogP contribution in [0.3, 0.4) is 0 Å². The molecule has 2 aliphatic rings. The zero-order chi connectivity index (χ0) is 26.1. The molecule has 5 heterocycles. The number of imide groups is 1. The highest BCUT2D eigenvalue weighted by Crippen LogP contribution is 2.36. The van der Waals surface area contributed by atoms with Gasteiger partial charge in [0.1, 0.15) is 17.1 Å². The molecule has 11 heteroatoms. The Morgan fingerprint density at radius 3 is 2.65 bits per heavy atom. The first-order valence-corrected chi connectivity index (χ1v) is 11.7. The lowest BCUT2D eigenvalue weighted by Gasteiger charge is -2.29. The lowest BCUT2D eigenvalue weighted by Crippen LogP contribution is -2.52. The summed E-state index contributed by atoms with van der Waals surface area (Å²) in [7, 11) is 3.40. The second kappa shape index (κ2) is 7.92. The SMILES string of the molecule is COc1ccc2c(c1)C(=O)N(CC1(c3cc4cnc(-c5c(C)nn(C)c5C)cc4o3)NC(=O)NC1=O)C2. The number of methoxy groups -OCH3 is 1. The molecule has 0 spiro atoms. The van der Waals surface area contributed by atoms with Gasteiger partial charge in [0.25, 0.3) is 11.8 Å². The van der Waals surface area contributed by atoms with Crippen molar-refractivity contribution in [1.29, 1.82) is 0 Å². The second-order valence-corrected chi connectivity index (χ2v) is 9.39. The molecule has 1 fully saturated rings. The zero-order valence-electron chi connectivity index (χ0n) is 20.7. The lowest BCUT2D eigenvalue weighted by molar-refractivity contribution is -0.125. The van der Waals surface area contributed by atoms with Crippen LogP contribution in [0.15, 0.2) is 40.9 Å². The number of hydrogen-bond donors (Lipinski definition) is 2. The number of furan rings is 1. The topological polar surface area (TPSA) is 132 Å². The minimum atomic E-state index is -1.60. The Morgan fingerprint density at radius 1 is 1.16 bits per heavy atom. The molecular weight excluding hydrogens is 476 g/mol. The molecule has 4 aromatic rings. The van der Waals surface area contributed by atoms with Gasteiger partial charge in [-0.1, -0.05) is 6.07 Å². The number of carbonyl (C=O) groups excluding carboxylic acids is 3. The molecule has 0 aliphatic carbocycles. The number of carbonyl (C=O) groups is 3. The minimum Gasteiger partial charge on any atom is -0.497 e. The van der Waals surface area contributed by atoms with Gasteiger partial charge in [0.2, 0.25) is 0 Å². The summed E-state index contributed by atoms with van der Waals surface area (Å²) in [5, 5.41) is 10.1. The normalized spacial score (nSPS) is 18.9. The molecule has 37 heavy (non-hydrogen) atoms. The molecule has 1 atom stereocenters. The number of hydrogen-bond acceptors (Lipinski definition) is 7. The quantitative estimate of drug-likeness (QED) is 0.403. The molecule has 1 unspecified atom stereocenters. The number of aryl methyl sites for hydroxylation is 2. The maximum Gasteiger partial charge on any atom is 0.322 e. The summed E-state index contributed by atoms with van der Waals surface area (Å²) in [5.74, 6) is -0.0733. The molecular formula is C26H24N6O5. The second-order valence-electron chi connectivity index (χ2n) is 9.39. The van der Waals surface area contributed by atoms with Gasteiger partial charge in [-0.3, -0.25) is 24.6 Å². The van der Waals surface area contributed by atoms with Crippen LogP contribution in [0.5, 0.6) is 5.75 Å². The fraction of sp³-hybridized carbons (Fsp3) is 0.269. The molecule has 1 saturated heterocycles. The molecule has 188 valence electrons. The van der Waals surface area contributed by atoms with Crippen molar-refractivity contribution in [2.75, 3.05) is 13.7 Å². The van der Waals surface area contributed by atoms with E-state index in [1.165, 1.54) is 12.0 Å². The van der Waals surface area contributed by atoms with E-state index in [4.69, 9.17) is 9.15 Å². The molecule has 4 amide bonds. The van der Waals surface area contributed by atoms with E-state index in [9.17, 15) is 14.4 Å². The Balaban J connectivity index is 1.40. The third kappa shape index (κ3) is 3.38. The summed E-state index contributed by atoms with van der Waals surface area (Å²) in [6, 6.07) is 8.09. The van der Waals surface area contributed by atoms with Crippen molar-refractivity contribution in [3.63, 3.8) is 0 Å². The maximum atomic E-state index is 13.2. The standard InChI is InChI=1S/C26H24N6O5/c1-13-22(14(2)31(3)30-13)19-9-20-16(10-27-19)7-21(37-20)26(24(34)28-25(35)29-26)12-32-11-15-5-6-17(36-4)8-18(15)23(32)33/h5-10H,11-12H2,1-4H3,(H2,28,29,34,35). The smallest absolute Gasteiger partial charge is 0.322 e. The molecule has 0 radical (unpaired) electrons. The molecule has 0 saturated carbocycles. The fourth-order valence-corrected chi connectivity index (χ4v) is 5.16. The van der Waals surface area contributed by atoms with Crippen molar-refractivity contribution in [2.24, 2.45) is 7.05 Å². The molecule has 6 rings (SSSR count). The van der Waals surface area contributed by atoms with Crippen molar-refractivity contribution in [2.45, 2.75) is 25.9 Å². The van der Waals surface area contributed by atoms with Crippen LogP contribution in [-0.2, 0) is 23.9 Å². The molecule has 2 aliphatic heterocycles. The largest absolute Gasteiger partial charge is 0.497 e. The summed E-state index contributed by atoms with van der Waals surface area (Å²) in [6.07, 6.45) is 1.66. The highest BCUT2D eigenvalue weighted by molar-refractivity contribution is 6.08. The van der Waals surface area contributed by atoms with E-state index in [2.05, 4.69) is 20.7 Å². The van der Waals surface area contributed by atoms with Crippen LogP contribution in [0.25, 0.3) is 22.2 Å². The number of nitrogens with zero attached hydrogens (tertiary/aromatic N) is 4.